The van der Waals surface area contributed by atoms with E-state index in [1.165, 1.54) is 23.6 Å². The second kappa shape index (κ2) is 4.94. The zero-order valence-corrected chi connectivity index (χ0v) is 12.0. The molecule has 0 saturated carbocycles. The number of thiophene rings is 1. The molecule has 0 saturated heterocycles. The van der Waals surface area contributed by atoms with Gasteiger partial charge in [-0.2, -0.15) is 0 Å². The summed E-state index contributed by atoms with van der Waals surface area (Å²) in [4.78, 5) is 41.4. The van der Waals surface area contributed by atoms with E-state index < -0.39 is 17.9 Å². The highest BCUT2D eigenvalue weighted by Crippen LogP contribution is 2.40. The fourth-order valence-electron chi connectivity index (χ4n) is 2.28. The smallest absolute Gasteiger partial charge is 0.326 e. The third-order valence-electron chi connectivity index (χ3n) is 3.15. The van der Waals surface area contributed by atoms with Crippen molar-refractivity contribution in [3.05, 3.63) is 45.4 Å². The van der Waals surface area contributed by atoms with Gasteiger partial charge in [-0.3, -0.25) is 9.59 Å². The highest BCUT2D eigenvalue weighted by Gasteiger charge is 2.45. The van der Waals surface area contributed by atoms with Crippen molar-refractivity contribution in [2.75, 3.05) is 4.90 Å². The topological polar surface area (TPSA) is 93.4 Å². The molecule has 1 aliphatic heterocycles. The highest BCUT2D eigenvalue weighted by molar-refractivity contribution is 7.12. The Morgan fingerprint density at radius 1 is 1.43 bits per heavy atom. The number of hydrogen-bond acceptors (Lipinski definition) is 5. The van der Waals surface area contributed by atoms with Gasteiger partial charge in [0.25, 0.3) is 5.91 Å². The largest absolute Gasteiger partial charge is 0.351 e. The maximum Gasteiger partial charge on any atom is 0.326 e. The molecule has 8 heteroatoms. The first kappa shape index (κ1) is 13.7. The number of nitrogens with two attached hydrogens (primary N) is 1. The molecule has 0 aromatic carbocycles. The molecule has 0 fully saturated rings. The van der Waals surface area contributed by atoms with Gasteiger partial charge in [-0.25, -0.2) is 14.7 Å². The highest BCUT2D eigenvalue weighted by atomic mass is 35.5. The number of carbonyl (C=O) groups excluding carboxylic acids is 3. The van der Waals surface area contributed by atoms with Crippen molar-refractivity contribution >= 4 is 46.3 Å². The lowest BCUT2D eigenvalue weighted by atomic mass is 9.96. The molecular formula is C13H8ClN3O3S. The third kappa shape index (κ3) is 2.10. The number of primary amides is 1. The number of rotatable bonds is 2. The van der Waals surface area contributed by atoms with Crippen molar-refractivity contribution in [1.29, 1.82) is 0 Å². The summed E-state index contributed by atoms with van der Waals surface area (Å²) in [6.07, 6.45) is 1.27. The number of fused-ring (bicyclic) bond motifs is 1. The second-order valence-corrected chi connectivity index (χ2v) is 5.69. The molecular weight excluding hydrogens is 314 g/mol. The zero-order valence-electron chi connectivity index (χ0n) is 10.4. The van der Waals surface area contributed by atoms with Crippen molar-refractivity contribution in [1.82, 2.24) is 4.98 Å². The van der Waals surface area contributed by atoms with E-state index >= 15 is 0 Å². The lowest BCUT2D eigenvalue weighted by Gasteiger charge is -2.11. The summed E-state index contributed by atoms with van der Waals surface area (Å²) in [6.45, 7) is 0. The van der Waals surface area contributed by atoms with E-state index in [0.717, 1.165) is 4.90 Å². The Balaban J connectivity index is 2.14. The van der Waals surface area contributed by atoms with Crippen molar-refractivity contribution in [3.8, 4) is 0 Å². The molecule has 1 aliphatic rings. The van der Waals surface area contributed by atoms with Crippen LogP contribution in [-0.4, -0.2) is 22.7 Å². The van der Waals surface area contributed by atoms with E-state index in [0.29, 0.717) is 10.4 Å². The van der Waals surface area contributed by atoms with Gasteiger partial charge in [0.1, 0.15) is 11.1 Å². The average Bonchev–Trinajstić information content (AvgIpc) is 3.03. The van der Waals surface area contributed by atoms with Gasteiger partial charge in [0.2, 0.25) is 0 Å². The fourth-order valence-corrected chi connectivity index (χ4v) is 3.14. The van der Waals surface area contributed by atoms with Gasteiger partial charge in [0.15, 0.2) is 5.78 Å². The summed E-state index contributed by atoms with van der Waals surface area (Å²) in [7, 11) is 0. The first-order valence-electron chi connectivity index (χ1n) is 5.87. The van der Waals surface area contributed by atoms with E-state index in [2.05, 4.69) is 4.98 Å². The molecule has 3 heterocycles. The molecule has 2 aromatic heterocycles. The van der Waals surface area contributed by atoms with Crippen LogP contribution in [0.15, 0.2) is 29.8 Å². The van der Waals surface area contributed by atoms with Crippen LogP contribution in [0.2, 0.25) is 5.15 Å². The molecule has 6 nitrogen and oxygen atoms in total. The fraction of sp³-hybridized carbons (Fsp3) is 0.0769. The minimum atomic E-state index is -1.12. The molecule has 2 aromatic rings. The molecule has 2 N–H and O–H groups in total. The van der Waals surface area contributed by atoms with Crippen LogP contribution in [0.25, 0.3) is 0 Å². The number of pyridine rings is 1. The molecule has 1 unspecified atom stereocenters. The summed E-state index contributed by atoms with van der Waals surface area (Å²) in [5.41, 5.74) is 5.76. The SMILES string of the molecule is NC(=O)N1C(=O)C(C(=O)c2cccs2)c2cc(Cl)ncc21. The number of ketones is 1. The summed E-state index contributed by atoms with van der Waals surface area (Å²) in [6, 6.07) is 3.79. The maximum absolute atomic E-state index is 12.5. The number of nitrogens with zero attached hydrogens (tertiary/aromatic N) is 2. The van der Waals surface area contributed by atoms with E-state index in [1.54, 1.807) is 17.5 Å². The molecule has 1 atom stereocenters. The molecule has 0 radical (unpaired) electrons. The predicted octanol–water partition coefficient (Wildman–Crippen LogP) is 2.19. The minimum absolute atomic E-state index is 0.136. The Morgan fingerprint density at radius 3 is 2.81 bits per heavy atom. The maximum atomic E-state index is 12.5. The van der Waals surface area contributed by atoms with Crippen LogP contribution in [-0.2, 0) is 4.79 Å². The second-order valence-electron chi connectivity index (χ2n) is 4.35. The van der Waals surface area contributed by atoms with Crippen LogP contribution in [0, 0.1) is 0 Å². The van der Waals surface area contributed by atoms with Crippen molar-refractivity contribution < 1.29 is 14.4 Å². The predicted molar refractivity (Wildman–Crippen MR) is 77.7 cm³/mol. The zero-order chi connectivity index (χ0) is 15.1. The number of carbonyl (C=O) groups is 3. The van der Waals surface area contributed by atoms with Gasteiger partial charge in [-0.05, 0) is 17.5 Å². The molecule has 0 spiro atoms. The van der Waals surface area contributed by atoms with Crippen LogP contribution in [0.1, 0.15) is 21.2 Å². The monoisotopic (exact) mass is 321 g/mol. The summed E-state index contributed by atoms with van der Waals surface area (Å²) >= 11 is 7.05. The van der Waals surface area contributed by atoms with Crippen LogP contribution in [0.3, 0.4) is 0 Å². The van der Waals surface area contributed by atoms with Crippen molar-refractivity contribution in [3.63, 3.8) is 0 Å². The summed E-state index contributed by atoms with van der Waals surface area (Å²) in [5, 5.41) is 1.87. The van der Waals surface area contributed by atoms with Gasteiger partial charge in [-0.1, -0.05) is 17.7 Å². The quantitative estimate of drug-likeness (QED) is 0.521. The lowest BCUT2D eigenvalue weighted by molar-refractivity contribution is -0.117. The Kier molecular flexibility index (Phi) is 3.23. The number of amides is 3. The number of aromatic nitrogens is 1. The molecule has 106 valence electrons. The number of Topliss-reactive ketones (excluding diaryl/α,β-unsaturated/α-hetero) is 1. The van der Waals surface area contributed by atoms with Crippen molar-refractivity contribution in [2.24, 2.45) is 5.73 Å². The Hall–Kier alpha value is -2.25. The molecule has 3 amide bonds. The number of hydrogen-bond donors (Lipinski definition) is 1. The first-order valence-corrected chi connectivity index (χ1v) is 7.13. The van der Waals surface area contributed by atoms with Gasteiger partial charge in [0.05, 0.1) is 16.8 Å². The Labute approximate surface area is 128 Å². The van der Waals surface area contributed by atoms with E-state index in [-0.39, 0.29) is 16.6 Å². The van der Waals surface area contributed by atoms with Gasteiger partial charge in [-0.15, -0.1) is 11.3 Å². The van der Waals surface area contributed by atoms with E-state index in [1.807, 2.05) is 0 Å². The van der Waals surface area contributed by atoms with Crippen LogP contribution >= 0.6 is 22.9 Å². The van der Waals surface area contributed by atoms with E-state index in [4.69, 9.17) is 17.3 Å². The lowest BCUT2D eigenvalue weighted by Crippen LogP contribution is -2.40. The standard InChI is InChI=1S/C13H8ClN3O3S/c14-9-4-6-7(5-16-9)17(13(15)20)12(19)10(6)11(18)8-2-1-3-21-8/h1-5,10H,(H2,15,20). The summed E-state index contributed by atoms with van der Waals surface area (Å²) in [5.74, 6) is -2.19. The molecule has 3 rings (SSSR count). The molecule has 0 aliphatic carbocycles. The number of urea groups is 1. The average molecular weight is 322 g/mol. The van der Waals surface area contributed by atoms with Crippen molar-refractivity contribution in [2.45, 2.75) is 5.92 Å². The van der Waals surface area contributed by atoms with Gasteiger partial charge in [0, 0.05) is 5.56 Å². The van der Waals surface area contributed by atoms with Crippen LogP contribution in [0.4, 0.5) is 10.5 Å². The molecule has 0 bridgehead atoms. The van der Waals surface area contributed by atoms with E-state index in [9.17, 15) is 14.4 Å². The third-order valence-corrected chi connectivity index (χ3v) is 4.24. The number of imide groups is 1. The Bertz CT molecular complexity index is 760. The van der Waals surface area contributed by atoms with Gasteiger partial charge >= 0.3 is 6.03 Å². The van der Waals surface area contributed by atoms with Crippen LogP contribution < -0.4 is 10.6 Å². The van der Waals surface area contributed by atoms with Crippen LogP contribution in [0.5, 0.6) is 0 Å². The summed E-state index contributed by atoms with van der Waals surface area (Å²) < 4.78 is 0. The number of anilines is 1. The number of halogens is 1. The normalized spacial score (nSPS) is 16.9. The Morgan fingerprint density at radius 2 is 2.19 bits per heavy atom. The first-order chi connectivity index (χ1) is 10.0. The van der Waals surface area contributed by atoms with Gasteiger partial charge < -0.3 is 5.73 Å². The minimum Gasteiger partial charge on any atom is -0.351 e. The molecule has 21 heavy (non-hydrogen) atoms.